The second kappa shape index (κ2) is 6.96. The average molecular weight is 329 g/mol. The zero-order valence-corrected chi connectivity index (χ0v) is 14.0. The predicted molar refractivity (Wildman–Crippen MR) is 92.5 cm³/mol. The molecule has 3 heterocycles. The minimum atomic E-state index is 0.165. The number of nitrogen functional groups attached to an aromatic ring is 1. The molecule has 8 heteroatoms. The molecule has 8 nitrogen and oxygen atoms in total. The van der Waals surface area contributed by atoms with Crippen molar-refractivity contribution in [3.63, 3.8) is 0 Å². The van der Waals surface area contributed by atoms with Crippen LogP contribution in [-0.4, -0.2) is 45.1 Å². The molecular formula is C16H23N7O. The number of rotatable bonds is 5. The first-order valence-corrected chi connectivity index (χ1v) is 8.16. The Labute approximate surface area is 140 Å². The molecule has 1 saturated heterocycles. The van der Waals surface area contributed by atoms with Crippen LogP contribution in [0.25, 0.3) is 0 Å². The van der Waals surface area contributed by atoms with Crippen molar-refractivity contribution in [2.24, 2.45) is 0 Å². The second-order valence-corrected chi connectivity index (χ2v) is 6.23. The molecule has 0 bridgehead atoms. The fraction of sp³-hybridized carbons (Fsp3) is 0.500. The number of H-pyrrole nitrogens is 1. The highest BCUT2D eigenvalue weighted by molar-refractivity contribution is 6.14. The van der Waals surface area contributed by atoms with Crippen molar-refractivity contribution in [2.45, 2.75) is 38.6 Å². The second-order valence-electron chi connectivity index (χ2n) is 6.23. The molecule has 0 atom stereocenters. The summed E-state index contributed by atoms with van der Waals surface area (Å²) in [6.07, 6.45) is 3.45. The molecule has 5 N–H and O–H groups in total. The number of aromatic nitrogens is 4. The van der Waals surface area contributed by atoms with Crippen molar-refractivity contribution in [1.82, 2.24) is 20.2 Å². The smallest absolute Gasteiger partial charge is 0.199 e. The van der Waals surface area contributed by atoms with Gasteiger partial charge in [-0.1, -0.05) is 13.8 Å². The van der Waals surface area contributed by atoms with E-state index in [9.17, 15) is 0 Å². The van der Waals surface area contributed by atoms with Gasteiger partial charge in [-0.2, -0.15) is 5.10 Å². The highest BCUT2D eigenvalue weighted by atomic mass is 16.5. The molecule has 2 aromatic heterocycles. The Balaban J connectivity index is 1.89. The van der Waals surface area contributed by atoms with Gasteiger partial charge in [-0.25, -0.2) is 9.97 Å². The van der Waals surface area contributed by atoms with Crippen LogP contribution in [-0.2, 0) is 4.74 Å². The van der Waals surface area contributed by atoms with E-state index in [4.69, 9.17) is 15.9 Å². The fourth-order valence-electron chi connectivity index (χ4n) is 2.64. The quantitative estimate of drug-likeness (QED) is 0.621. The lowest BCUT2D eigenvalue weighted by atomic mass is 10.1. The van der Waals surface area contributed by atoms with E-state index in [0.29, 0.717) is 22.9 Å². The molecule has 128 valence electrons. The van der Waals surface area contributed by atoms with Gasteiger partial charge >= 0.3 is 0 Å². The van der Waals surface area contributed by atoms with Crippen molar-refractivity contribution in [3.05, 3.63) is 29.5 Å². The first kappa shape index (κ1) is 16.4. The lowest BCUT2D eigenvalue weighted by Gasteiger charge is -2.25. The number of pyridine rings is 1. The molecule has 2 aromatic rings. The Morgan fingerprint density at radius 3 is 2.83 bits per heavy atom. The van der Waals surface area contributed by atoms with Gasteiger partial charge in [0.05, 0.1) is 5.56 Å². The van der Waals surface area contributed by atoms with Gasteiger partial charge in [0.2, 0.25) is 0 Å². The van der Waals surface area contributed by atoms with E-state index in [1.807, 2.05) is 13.8 Å². The van der Waals surface area contributed by atoms with Crippen molar-refractivity contribution in [2.75, 3.05) is 24.3 Å². The number of nitrogens with one attached hydrogen (secondary N) is 3. The normalized spacial score (nSPS) is 15.6. The molecule has 0 amide bonds. The van der Waals surface area contributed by atoms with E-state index >= 15 is 0 Å². The molecule has 24 heavy (non-hydrogen) atoms. The summed E-state index contributed by atoms with van der Waals surface area (Å²) < 4.78 is 5.38. The van der Waals surface area contributed by atoms with Crippen molar-refractivity contribution in [3.8, 4) is 0 Å². The van der Waals surface area contributed by atoms with Gasteiger partial charge in [0.1, 0.15) is 17.4 Å². The summed E-state index contributed by atoms with van der Waals surface area (Å²) in [5, 5.41) is 18.9. The van der Waals surface area contributed by atoms with Crippen LogP contribution in [0.2, 0.25) is 0 Å². The Morgan fingerprint density at radius 2 is 2.17 bits per heavy atom. The van der Waals surface area contributed by atoms with Crippen molar-refractivity contribution >= 4 is 17.2 Å². The maximum atomic E-state index is 8.49. The Kier molecular flexibility index (Phi) is 4.75. The van der Waals surface area contributed by atoms with Crippen LogP contribution >= 0.6 is 0 Å². The summed E-state index contributed by atoms with van der Waals surface area (Å²) in [6, 6.07) is 1.95. The molecule has 0 unspecified atom stereocenters. The van der Waals surface area contributed by atoms with E-state index in [0.717, 1.165) is 31.9 Å². The highest BCUT2D eigenvalue weighted by Gasteiger charge is 2.22. The van der Waals surface area contributed by atoms with Gasteiger partial charge in [-0.15, -0.1) is 0 Å². The zero-order valence-electron chi connectivity index (χ0n) is 14.0. The van der Waals surface area contributed by atoms with E-state index < -0.39 is 0 Å². The van der Waals surface area contributed by atoms with Gasteiger partial charge < -0.3 is 15.8 Å². The number of nitrogens with zero attached hydrogens (tertiary/aromatic N) is 3. The first-order valence-electron chi connectivity index (χ1n) is 8.16. The number of nitrogens with two attached hydrogens (primary N) is 1. The molecular weight excluding hydrogens is 306 g/mol. The number of hydrogen-bond acceptors (Lipinski definition) is 7. The Bertz CT molecular complexity index is 719. The van der Waals surface area contributed by atoms with Gasteiger partial charge in [0.15, 0.2) is 5.82 Å². The third-order valence-corrected chi connectivity index (χ3v) is 4.07. The summed E-state index contributed by atoms with van der Waals surface area (Å²) in [7, 11) is 0. The van der Waals surface area contributed by atoms with Crippen molar-refractivity contribution < 1.29 is 4.74 Å². The number of hydrogen-bond donors (Lipinski definition) is 4. The lowest BCUT2D eigenvalue weighted by molar-refractivity contribution is 0.0904. The molecule has 0 spiro atoms. The third kappa shape index (κ3) is 3.38. The molecule has 3 rings (SSSR count). The van der Waals surface area contributed by atoms with Gasteiger partial charge in [-0.05, 0) is 18.9 Å². The van der Waals surface area contributed by atoms with Gasteiger partial charge in [0.25, 0.3) is 0 Å². The highest BCUT2D eigenvalue weighted by Crippen LogP contribution is 2.24. The van der Waals surface area contributed by atoms with E-state index in [1.165, 1.54) is 0 Å². The van der Waals surface area contributed by atoms with Crippen LogP contribution in [0.5, 0.6) is 0 Å². The first-order chi connectivity index (χ1) is 11.6. The summed E-state index contributed by atoms with van der Waals surface area (Å²) >= 11 is 0. The molecule has 0 saturated carbocycles. The molecule has 1 aliphatic heterocycles. The molecule has 0 aromatic carbocycles. The maximum Gasteiger partial charge on any atom is 0.199 e. The molecule has 0 aliphatic carbocycles. The molecule has 0 radical (unpaired) electrons. The summed E-state index contributed by atoms with van der Waals surface area (Å²) in [6.45, 7) is 5.49. The Hall–Kier alpha value is -2.48. The molecule has 1 fully saturated rings. The zero-order chi connectivity index (χ0) is 17.1. The topological polar surface area (TPSA) is 126 Å². The maximum absolute atomic E-state index is 8.49. The fourth-order valence-corrected chi connectivity index (χ4v) is 2.64. The van der Waals surface area contributed by atoms with Gasteiger partial charge in [-0.3, -0.25) is 10.5 Å². The number of anilines is 2. The minimum Gasteiger partial charge on any atom is -0.398 e. The van der Waals surface area contributed by atoms with Crippen LogP contribution in [0.15, 0.2) is 12.3 Å². The molecule has 1 aliphatic rings. The van der Waals surface area contributed by atoms with Crippen LogP contribution in [0.1, 0.15) is 49.8 Å². The van der Waals surface area contributed by atoms with E-state index in [2.05, 4.69) is 25.5 Å². The summed E-state index contributed by atoms with van der Waals surface area (Å²) in [4.78, 5) is 8.78. The Morgan fingerprint density at radius 1 is 1.42 bits per heavy atom. The van der Waals surface area contributed by atoms with Gasteiger partial charge in [0, 0.05) is 37.1 Å². The average Bonchev–Trinajstić information content (AvgIpc) is 3.06. The van der Waals surface area contributed by atoms with E-state index in [1.54, 1.807) is 12.3 Å². The number of ether oxygens (including phenoxy) is 1. The van der Waals surface area contributed by atoms with Crippen LogP contribution in [0, 0.1) is 5.41 Å². The SMILES string of the molecule is CC(C)c1nc(C(=N)c2c(N)ccnc2NC2CCOCC2)n[nH]1. The summed E-state index contributed by atoms with van der Waals surface area (Å²) in [5.74, 6) is 1.89. The monoisotopic (exact) mass is 329 g/mol. The summed E-state index contributed by atoms with van der Waals surface area (Å²) in [5.41, 5.74) is 7.31. The third-order valence-electron chi connectivity index (χ3n) is 4.07. The van der Waals surface area contributed by atoms with Crippen LogP contribution < -0.4 is 11.1 Å². The number of aromatic amines is 1. The van der Waals surface area contributed by atoms with E-state index in [-0.39, 0.29) is 17.7 Å². The van der Waals surface area contributed by atoms with Crippen molar-refractivity contribution in [1.29, 1.82) is 5.41 Å². The van der Waals surface area contributed by atoms with Crippen LogP contribution in [0.4, 0.5) is 11.5 Å². The van der Waals surface area contributed by atoms with Crippen LogP contribution in [0.3, 0.4) is 0 Å². The predicted octanol–water partition coefficient (Wildman–Crippen LogP) is 1.91. The standard InChI is InChI=1S/C16H23N7O/c1-9(2)14-21-16(23-22-14)13(18)12-11(17)3-6-19-15(12)20-10-4-7-24-8-5-10/h3,6,9-10,18H,4-5,7-8H2,1-2H3,(H3,17,19,20)(H,21,22,23). The lowest BCUT2D eigenvalue weighted by Crippen LogP contribution is -2.29. The minimum absolute atomic E-state index is 0.165. The largest absolute Gasteiger partial charge is 0.398 e.